The van der Waals surface area contributed by atoms with Crippen LogP contribution in [0.5, 0.6) is 0 Å². The quantitative estimate of drug-likeness (QED) is 0.484. The van der Waals surface area contributed by atoms with E-state index in [0.29, 0.717) is 17.9 Å². The number of nitro benzene ring substituents is 1. The van der Waals surface area contributed by atoms with E-state index in [4.69, 9.17) is 11.6 Å². The Hall–Kier alpha value is -1.62. The first kappa shape index (κ1) is 10.9. The molecule has 0 bridgehead atoms. The van der Waals surface area contributed by atoms with E-state index < -0.39 is 4.92 Å². The first-order chi connectivity index (χ1) is 7.61. The Morgan fingerprint density at radius 1 is 1.56 bits per heavy atom. The van der Waals surface area contributed by atoms with Crippen molar-refractivity contribution in [1.29, 1.82) is 0 Å². The van der Waals surface area contributed by atoms with Gasteiger partial charge in [0, 0.05) is 29.6 Å². The Morgan fingerprint density at radius 3 is 2.94 bits per heavy atom. The van der Waals surface area contributed by atoms with E-state index in [1.807, 2.05) is 0 Å². The highest BCUT2D eigenvalue weighted by atomic mass is 35.5. The van der Waals surface area contributed by atoms with E-state index >= 15 is 0 Å². The molecule has 0 aliphatic carbocycles. The number of carbonyl (C=O) groups is 1. The molecule has 1 aromatic carbocycles. The Kier molecular flexibility index (Phi) is 2.78. The van der Waals surface area contributed by atoms with Gasteiger partial charge in [0.1, 0.15) is 0 Å². The second-order valence-corrected chi connectivity index (χ2v) is 3.94. The van der Waals surface area contributed by atoms with Gasteiger partial charge in [0.15, 0.2) is 0 Å². The van der Waals surface area contributed by atoms with Crippen LogP contribution in [-0.2, 0) is 6.42 Å². The van der Waals surface area contributed by atoms with Crippen molar-refractivity contribution in [2.45, 2.75) is 12.5 Å². The van der Waals surface area contributed by atoms with Crippen molar-refractivity contribution in [2.75, 3.05) is 5.88 Å². The zero-order valence-electron chi connectivity index (χ0n) is 8.27. The maximum atomic E-state index is 11.6. The van der Waals surface area contributed by atoms with Crippen molar-refractivity contribution in [3.8, 4) is 0 Å². The maximum absolute atomic E-state index is 11.6. The van der Waals surface area contributed by atoms with Gasteiger partial charge >= 0.3 is 0 Å². The highest BCUT2D eigenvalue weighted by Gasteiger charge is 2.25. The van der Waals surface area contributed by atoms with Crippen LogP contribution in [0.25, 0.3) is 0 Å². The van der Waals surface area contributed by atoms with Crippen LogP contribution in [-0.4, -0.2) is 22.8 Å². The van der Waals surface area contributed by atoms with E-state index in [1.165, 1.54) is 12.1 Å². The van der Waals surface area contributed by atoms with Gasteiger partial charge in [0.05, 0.1) is 4.92 Å². The zero-order valence-corrected chi connectivity index (χ0v) is 9.03. The van der Waals surface area contributed by atoms with Crippen LogP contribution in [0.3, 0.4) is 0 Å². The second kappa shape index (κ2) is 4.09. The molecule has 1 heterocycles. The summed E-state index contributed by atoms with van der Waals surface area (Å²) >= 11 is 5.67. The number of benzene rings is 1. The summed E-state index contributed by atoms with van der Waals surface area (Å²) in [6.07, 6.45) is 0.614. The Morgan fingerprint density at radius 2 is 2.31 bits per heavy atom. The van der Waals surface area contributed by atoms with Crippen molar-refractivity contribution in [3.05, 3.63) is 39.4 Å². The van der Waals surface area contributed by atoms with Crippen LogP contribution >= 0.6 is 11.6 Å². The lowest BCUT2D eigenvalue weighted by molar-refractivity contribution is -0.384. The van der Waals surface area contributed by atoms with E-state index in [2.05, 4.69) is 5.32 Å². The first-order valence-electron chi connectivity index (χ1n) is 4.76. The number of fused-ring (bicyclic) bond motifs is 1. The van der Waals surface area contributed by atoms with Crippen molar-refractivity contribution in [2.24, 2.45) is 0 Å². The maximum Gasteiger partial charge on any atom is 0.270 e. The van der Waals surface area contributed by atoms with E-state index in [1.54, 1.807) is 6.07 Å². The fourth-order valence-corrected chi connectivity index (χ4v) is 1.93. The fraction of sp³-hybridized carbons (Fsp3) is 0.300. The third-order valence-corrected chi connectivity index (χ3v) is 2.91. The summed E-state index contributed by atoms with van der Waals surface area (Å²) in [5, 5.41) is 13.3. The number of rotatable bonds is 2. The van der Waals surface area contributed by atoms with Gasteiger partial charge in [-0.15, -0.1) is 11.6 Å². The van der Waals surface area contributed by atoms with Gasteiger partial charge in [-0.1, -0.05) is 6.07 Å². The SMILES string of the molecule is O=C1N[C@@H](CCl)Cc2ccc([N+](=O)[O-])cc21. The van der Waals surface area contributed by atoms with Crippen LogP contribution in [0.2, 0.25) is 0 Å². The molecule has 2 rings (SSSR count). The smallest absolute Gasteiger partial charge is 0.270 e. The number of nitrogens with zero attached hydrogens (tertiary/aromatic N) is 1. The molecule has 84 valence electrons. The molecule has 1 atom stereocenters. The van der Waals surface area contributed by atoms with E-state index in [9.17, 15) is 14.9 Å². The Bertz CT molecular complexity index is 461. The van der Waals surface area contributed by atoms with Gasteiger partial charge in [-0.05, 0) is 12.0 Å². The number of nitro groups is 1. The molecule has 0 saturated carbocycles. The number of hydrogen-bond donors (Lipinski definition) is 1. The molecule has 1 aliphatic heterocycles. The Labute approximate surface area is 96.6 Å². The molecule has 0 aromatic heterocycles. The lowest BCUT2D eigenvalue weighted by atomic mass is 9.95. The predicted octanol–water partition coefficient (Wildman–Crippen LogP) is 1.49. The van der Waals surface area contributed by atoms with Crippen LogP contribution in [0, 0.1) is 10.1 Å². The summed E-state index contributed by atoms with van der Waals surface area (Å²) in [7, 11) is 0. The number of non-ortho nitro benzene ring substituents is 1. The van der Waals surface area contributed by atoms with Gasteiger partial charge in [-0.25, -0.2) is 0 Å². The van der Waals surface area contributed by atoms with Crippen LogP contribution in [0.4, 0.5) is 5.69 Å². The number of alkyl halides is 1. The van der Waals surface area contributed by atoms with Gasteiger partial charge < -0.3 is 5.32 Å². The fourth-order valence-electron chi connectivity index (χ4n) is 1.74. The minimum atomic E-state index is -0.513. The topological polar surface area (TPSA) is 72.2 Å². The lowest BCUT2D eigenvalue weighted by Gasteiger charge is -2.23. The third-order valence-electron chi connectivity index (χ3n) is 2.54. The summed E-state index contributed by atoms with van der Waals surface area (Å²) in [6.45, 7) is 0. The van der Waals surface area contributed by atoms with Crippen molar-refractivity contribution in [3.63, 3.8) is 0 Å². The molecule has 1 aromatic rings. The summed E-state index contributed by atoms with van der Waals surface area (Å²) < 4.78 is 0. The van der Waals surface area contributed by atoms with Crippen molar-refractivity contribution in [1.82, 2.24) is 5.32 Å². The molecule has 0 fully saturated rings. The highest BCUT2D eigenvalue weighted by Crippen LogP contribution is 2.22. The first-order valence-corrected chi connectivity index (χ1v) is 5.29. The number of nitrogens with one attached hydrogen (secondary N) is 1. The molecule has 1 aliphatic rings. The minimum Gasteiger partial charge on any atom is -0.348 e. The molecular weight excluding hydrogens is 232 g/mol. The molecular formula is C10H9ClN2O3. The molecule has 16 heavy (non-hydrogen) atoms. The molecule has 0 unspecified atom stereocenters. The monoisotopic (exact) mass is 240 g/mol. The van der Waals surface area contributed by atoms with Crippen molar-refractivity contribution >= 4 is 23.2 Å². The van der Waals surface area contributed by atoms with Crippen LogP contribution in [0.1, 0.15) is 15.9 Å². The van der Waals surface area contributed by atoms with Gasteiger partial charge in [-0.2, -0.15) is 0 Å². The summed E-state index contributed by atoms with van der Waals surface area (Å²) in [6, 6.07) is 4.23. The summed E-state index contributed by atoms with van der Waals surface area (Å²) in [4.78, 5) is 21.7. The highest BCUT2D eigenvalue weighted by molar-refractivity contribution is 6.18. The van der Waals surface area contributed by atoms with Gasteiger partial charge in [0.25, 0.3) is 11.6 Å². The zero-order chi connectivity index (χ0) is 11.7. The number of carbonyl (C=O) groups excluding carboxylic acids is 1. The molecule has 0 radical (unpaired) electrons. The molecule has 6 heteroatoms. The van der Waals surface area contributed by atoms with Crippen LogP contribution in [0.15, 0.2) is 18.2 Å². The molecule has 0 saturated heterocycles. The van der Waals surface area contributed by atoms with Gasteiger partial charge in [0.2, 0.25) is 0 Å². The minimum absolute atomic E-state index is 0.0711. The number of halogens is 1. The standard InChI is InChI=1S/C10H9ClN2O3/c11-5-7-3-6-1-2-8(13(15)16)4-9(6)10(14)12-7/h1-2,4,7H,3,5H2,(H,12,14)/t7-/m1/s1. The van der Waals surface area contributed by atoms with E-state index in [0.717, 1.165) is 5.56 Å². The normalized spacial score (nSPS) is 18.8. The average Bonchev–Trinajstić information content (AvgIpc) is 2.28. The van der Waals surface area contributed by atoms with E-state index in [-0.39, 0.29) is 17.6 Å². The van der Waals surface area contributed by atoms with Crippen molar-refractivity contribution < 1.29 is 9.72 Å². The largest absolute Gasteiger partial charge is 0.348 e. The molecule has 0 spiro atoms. The Balaban J connectivity index is 2.41. The molecule has 5 nitrogen and oxygen atoms in total. The average molecular weight is 241 g/mol. The number of hydrogen-bond acceptors (Lipinski definition) is 3. The summed E-state index contributed by atoms with van der Waals surface area (Å²) in [5.41, 5.74) is 1.11. The summed E-state index contributed by atoms with van der Waals surface area (Å²) in [5.74, 6) is 0.0397. The second-order valence-electron chi connectivity index (χ2n) is 3.63. The molecule has 1 N–H and O–H groups in total. The predicted molar refractivity (Wildman–Crippen MR) is 58.8 cm³/mol. The lowest BCUT2D eigenvalue weighted by Crippen LogP contribution is -2.42. The third kappa shape index (κ3) is 1.86. The molecule has 1 amide bonds. The van der Waals surface area contributed by atoms with Gasteiger partial charge in [-0.3, -0.25) is 14.9 Å². The number of amides is 1. The van der Waals surface area contributed by atoms with Crippen LogP contribution < -0.4 is 5.32 Å².